The third kappa shape index (κ3) is 2.68. The summed E-state index contributed by atoms with van der Waals surface area (Å²) in [5.74, 6) is 0.102. The molecular weight excluding hydrogens is 224 g/mol. The van der Waals surface area contributed by atoms with Gasteiger partial charge in [0.2, 0.25) is 5.91 Å². The minimum Gasteiger partial charge on any atom is -0.340 e. The Bertz CT molecular complexity index is 546. The van der Waals surface area contributed by atoms with E-state index in [1.807, 2.05) is 25.2 Å². The lowest BCUT2D eigenvalue weighted by Crippen LogP contribution is -2.33. The molecule has 0 atom stereocenters. The molecule has 0 fully saturated rings. The lowest BCUT2D eigenvalue weighted by molar-refractivity contribution is -0.129. The number of hydrogen-bond donors (Lipinski definition) is 1. The van der Waals surface area contributed by atoms with Crippen LogP contribution in [-0.4, -0.2) is 31.4 Å². The zero-order valence-corrected chi connectivity index (χ0v) is 10.8. The SMILES string of the molecule is CNCC(=O)N(C)Cc1cccc2ccccc12. The van der Waals surface area contributed by atoms with Crippen molar-refractivity contribution in [3.63, 3.8) is 0 Å². The topological polar surface area (TPSA) is 32.3 Å². The van der Waals surface area contributed by atoms with Gasteiger partial charge in [-0.1, -0.05) is 42.5 Å². The zero-order chi connectivity index (χ0) is 13.0. The van der Waals surface area contributed by atoms with Crippen LogP contribution in [0.2, 0.25) is 0 Å². The number of nitrogens with one attached hydrogen (secondary N) is 1. The highest BCUT2D eigenvalue weighted by molar-refractivity contribution is 5.86. The average molecular weight is 242 g/mol. The van der Waals surface area contributed by atoms with Crippen molar-refractivity contribution < 1.29 is 4.79 Å². The summed E-state index contributed by atoms with van der Waals surface area (Å²) in [4.78, 5) is 13.5. The predicted octanol–water partition coefficient (Wildman–Crippen LogP) is 2.02. The van der Waals surface area contributed by atoms with Gasteiger partial charge in [0, 0.05) is 13.6 Å². The van der Waals surface area contributed by atoms with Gasteiger partial charge < -0.3 is 10.2 Å². The summed E-state index contributed by atoms with van der Waals surface area (Å²) in [6.45, 7) is 1.02. The zero-order valence-electron chi connectivity index (χ0n) is 10.8. The Hall–Kier alpha value is -1.87. The molecule has 2 rings (SSSR count). The molecule has 3 heteroatoms. The third-order valence-corrected chi connectivity index (χ3v) is 3.04. The van der Waals surface area contributed by atoms with Crippen LogP contribution in [0.5, 0.6) is 0 Å². The highest BCUT2D eigenvalue weighted by Crippen LogP contribution is 2.19. The number of rotatable bonds is 4. The molecule has 1 N–H and O–H groups in total. The van der Waals surface area contributed by atoms with E-state index in [1.165, 1.54) is 16.3 Å². The molecule has 0 saturated carbocycles. The predicted molar refractivity (Wildman–Crippen MR) is 74.3 cm³/mol. The fourth-order valence-electron chi connectivity index (χ4n) is 2.06. The van der Waals surface area contributed by atoms with Gasteiger partial charge in [0.15, 0.2) is 0 Å². The van der Waals surface area contributed by atoms with Crippen molar-refractivity contribution in [2.45, 2.75) is 6.54 Å². The maximum absolute atomic E-state index is 11.7. The monoisotopic (exact) mass is 242 g/mol. The largest absolute Gasteiger partial charge is 0.340 e. The maximum Gasteiger partial charge on any atom is 0.236 e. The summed E-state index contributed by atoms with van der Waals surface area (Å²) in [6, 6.07) is 14.5. The Morgan fingerprint density at radius 1 is 1.17 bits per heavy atom. The van der Waals surface area contributed by atoms with E-state index in [2.05, 4.69) is 29.6 Å². The summed E-state index contributed by atoms with van der Waals surface area (Å²) in [6.07, 6.45) is 0. The van der Waals surface area contributed by atoms with E-state index in [0.29, 0.717) is 13.1 Å². The van der Waals surface area contributed by atoms with Crippen molar-refractivity contribution in [1.29, 1.82) is 0 Å². The summed E-state index contributed by atoms with van der Waals surface area (Å²) in [5.41, 5.74) is 1.18. The fourth-order valence-corrected chi connectivity index (χ4v) is 2.06. The van der Waals surface area contributed by atoms with E-state index >= 15 is 0 Å². The van der Waals surface area contributed by atoms with Crippen molar-refractivity contribution >= 4 is 16.7 Å². The molecule has 0 aliphatic rings. The highest BCUT2D eigenvalue weighted by Gasteiger charge is 2.09. The standard InChI is InChI=1S/C15H18N2O/c1-16-10-15(18)17(2)11-13-8-5-7-12-6-3-4-9-14(12)13/h3-9,16H,10-11H2,1-2H3. The van der Waals surface area contributed by atoms with Crippen molar-refractivity contribution in [2.75, 3.05) is 20.6 Å². The molecule has 2 aromatic rings. The van der Waals surface area contributed by atoms with E-state index in [9.17, 15) is 4.79 Å². The van der Waals surface area contributed by atoms with E-state index in [-0.39, 0.29) is 5.91 Å². The normalized spacial score (nSPS) is 10.6. The van der Waals surface area contributed by atoms with Gasteiger partial charge in [0.1, 0.15) is 0 Å². The first kappa shape index (κ1) is 12.6. The quantitative estimate of drug-likeness (QED) is 0.889. The van der Waals surface area contributed by atoms with Gasteiger partial charge in [-0.3, -0.25) is 4.79 Å². The molecule has 0 spiro atoms. The fraction of sp³-hybridized carbons (Fsp3) is 0.267. The van der Waals surface area contributed by atoms with E-state index in [0.717, 1.165) is 0 Å². The molecule has 0 aliphatic heterocycles. The average Bonchev–Trinajstić information content (AvgIpc) is 2.39. The summed E-state index contributed by atoms with van der Waals surface area (Å²) in [7, 11) is 3.62. The van der Waals surface area contributed by atoms with Gasteiger partial charge in [0.25, 0.3) is 0 Å². The summed E-state index contributed by atoms with van der Waals surface area (Å²) < 4.78 is 0. The van der Waals surface area contributed by atoms with Crippen LogP contribution in [0, 0.1) is 0 Å². The maximum atomic E-state index is 11.7. The van der Waals surface area contributed by atoms with Crippen LogP contribution in [-0.2, 0) is 11.3 Å². The lowest BCUT2D eigenvalue weighted by Gasteiger charge is -2.18. The first-order valence-corrected chi connectivity index (χ1v) is 6.07. The molecule has 0 aromatic heterocycles. The van der Waals surface area contributed by atoms with Gasteiger partial charge >= 0.3 is 0 Å². The molecule has 2 aromatic carbocycles. The Kier molecular flexibility index (Phi) is 3.95. The molecule has 94 valence electrons. The third-order valence-electron chi connectivity index (χ3n) is 3.04. The first-order chi connectivity index (χ1) is 8.72. The number of carbonyl (C=O) groups excluding carboxylic acids is 1. The number of hydrogen-bond acceptors (Lipinski definition) is 2. The molecule has 1 amide bonds. The smallest absolute Gasteiger partial charge is 0.236 e. The minimum atomic E-state index is 0.102. The van der Waals surface area contributed by atoms with Gasteiger partial charge in [0.05, 0.1) is 6.54 Å². The van der Waals surface area contributed by atoms with Gasteiger partial charge in [-0.25, -0.2) is 0 Å². The number of fused-ring (bicyclic) bond motifs is 1. The second kappa shape index (κ2) is 5.65. The van der Waals surface area contributed by atoms with E-state index in [1.54, 1.807) is 11.9 Å². The first-order valence-electron chi connectivity index (χ1n) is 6.07. The van der Waals surface area contributed by atoms with Crippen LogP contribution in [0.15, 0.2) is 42.5 Å². The Labute approximate surface area is 107 Å². The second-order valence-corrected chi connectivity index (χ2v) is 4.42. The van der Waals surface area contributed by atoms with Gasteiger partial charge in [-0.05, 0) is 23.4 Å². The summed E-state index contributed by atoms with van der Waals surface area (Å²) in [5, 5.41) is 5.30. The number of amides is 1. The second-order valence-electron chi connectivity index (χ2n) is 4.42. The van der Waals surface area contributed by atoms with Gasteiger partial charge in [-0.15, -0.1) is 0 Å². The van der Waals surface area contributed by atoms with Crippen molar-refractivity contribution in [3.05, 3.63) is 48.0 Å². The number of likely N-dealkylation sites (N-methyl/N-ethyl adjacent to an activating group) is 2. The molecule has 0 bridgehead atoms. The van der Waals surface area contributed by atoms with Crippen molar-refractivity contribution in [3.8, 4) is 0 Å². The molecule has 18 heavy (non-hydrogen) atoms. The molecule has 3 nitrogen and oxygen atoms in total. The van der Waals surface area contributed by atoms with Crippen LogP contribution in [0.3, 0.4) is 0 Å². The Morgan fingerprint density at radius 3 is 2.67 bits per heavy atom. The van der Waals surface area contributed by atoms with Gasteiger partial charge in [-0.2, -0.15) is 0 Å². The number of carbonyl (C=O) groups is 1. The van der Waals surface area contributed by atoms with Crippen LogP contribution in [0.25, 0.3) is 10.8 Å². The van der Waals surface area contributed by atoms with Crippen molar-refractivity contribution in [1.82, 2.24) is 10.2 Å². The number of benzene rings is 2. The van der Waals surface area contributed by atoms with Crippen molar-refractivity contribution in [2.24, 2.45) is 0 Å². The molecule has 0 aliphatic carbocycles. The highest BCUT2D eigenvalue weighted by atomic mass is 16.2. The van der Waals surface area contributed by atoms with Crippen LogP contribution in [0.1, 0.15) is 5.56 Å². The Balaban J connectivity index is 2.24. The lowest BCUT2D eigenvalue weighted by atomic mass is 10.0. The summed E-state index contributed by atoms with van der Waals surface area (Å²) >= 11 is 0. The number of nitrogens with zero attached hydrogens (tertiary/aromatic N) is 1. The molecule has 0 radical (unpaired) electrons. The molecule has 0 saturated heterocycles. The minimum absolute atomic E-state index is 0.102. The molecule has 0 heterocycles. The van der Waals surface area contributed by atoms with E-state index < -0.39 is 0 Å². The molecular formula is C15H18N2O. The van der Waals surface area contributed by atoms with Crippen LogP contribution < -0.4 is 5.32 Å². The van der Waals surface area contributed by atoms with Crippen LogP contribution in [0.4, 0.5) is 0 Å². The van der Waals surface area contributed by atoms with E-state index in [4.69, 9.17) is 0 Å². The van der Waals surface area contributed by atoms with Crippen LogP contribution >= 0.6 is 0 Å². The molecule has 0 unspecified atom stereocenters. The Morgan fingerprint density at radius 2 is 1.89 bits per heavy atom.